The molecule has 0 aliphatic carbocycles. The highest BCUT2D eigenvalue weighted by atomic mass is 32.2. The summed E-state index contributed by atoms with van der Waals surface area (Å²) in [6, 6.07) is 5.72. The van der Waals surface area contributed by atoms with Crippen LogP contribution in [0.3, 0.4) is 0 Å². The van der Waals surface area contributed by atoms with Crippen molar-refractivity contribution in [3.05, 3.63) is 42.2 Å². The molecule has 0 fully saturated rings. The molecule has 2 rings (SSSR count). The number of carbonyl (C=O) groups excluding carboxylic acids is 1. The summed E-state index contributed by atoms with van der Waals surface area (Å²) in [4.78, 5) is 16.9. The first kappa shape index (κ1) is 22.4. The number of aromatic nitrogens is 2. The smallest absolute Gasteiger partial charge is 0.272 e. The summed E-state index contributed by atoms with van der Waals surface area (Å²) in [6.07, 6.45) is 7.42. The van der Waals surface area contributed by atoms with Gasteiger partial charge in [0.2, 0.25) is 6.41 Å². The number of hydrogen-bond acceptors (Lipinski definition) is 7. The van der Waals surface area contributed by atoms with E-state index < -0.39 is 10.4 Å². The first-order chi connectivity index (χ1) is 10.6. The van der Waals surface area contributed by atoms with E-state index in [1.54, 1.807) is 25.7 Å². The van der Waals surface area contributed by atoms with Crippen LogP contribution >= 0.6 is 11.3 Å². The molecule has 0 unspecified atom stereocenters. The van der Waals surface area contributed by atoms with Crippen molar-refractivity contribution in [3.8, 4) is 5.19 Å². The monoisotopic (exact) mass is 344 g/mol. The van der Waals surface area contributed by atoms with Crippen molar-refractivity contribution in [1.29, 1.82) is 0 Å². The normalized spacial score (nSPS) is 8.00. The van der Waals surface area contributed by atoms with Crippen LogP contribution in [-0.2, 0) is 19.4 Å². The molecule has 2 aromatic rings. The Kier molecular flexibility index (Phi) is 19.4. The van der Waals surface area contributed by atoms with Gasteiger partial charge in [0.15, 0.2) is 0 Å². The van der Waals surface area contributed by atoms with E-state index in [1.165, 1.54) is 17.6 Å². The molecular formula is C14H22N3O3S2-. The zero-order chi connectivity index (χ0) is 17.1. The fourth-order valence-electron chi connectivity index (χ4n) is 0.707. The molecule has 22 heavy (non-hydrogen) atoms. The van der Waals surface area contributed by atoms with Crippen molar-refractivity contribution in [2.45, 2.75) is 6.92 Å². The molecule has 0 spiro atoms. The molecule has 1 N–H and O–H groups in total. The largest absolute Gasteiger partial charge is 0.473 e. The van der Waals surface area contributed by atoms with Gasteiger partial charge >= 0.3 is 0 Å². The maximum atomic E-state index is 9.44. The lowest BCUT2D eigenvalue weighted by molar-refractivity contribution is -0.109. The number of methoxy groups -OCH3 is 1. The third-order valence-corrected chi connectivity index (χ3v) is 2.17. The van der Waals surface area contributed by atoms with Gasteiger partial charge in [-0.05, 0) is 19.1 Å². The Balaban J connectivity index is 0. The molecule has 2 heterocycles. The Hall–Kier alpha value is -1.93. The predicted molar refractivity (Wildman–Crippen MR) is 93.7 cm³/mol. The van der Waals surface area contributed by atoms with E-state index in [4.69, 9.17) is 4.74 Å². The lowest BCUT2D eigenvalue weighted by Crippen LogP contribution is -2.07. The zero-order valence-electron chi connectivity index (χ0n) is 13.0. The number of rotatable bonds is 3. The zero-order valence-corrected chi connectivity index (χ0v) is 14.6. The number of amides is 1. The topological polar surface area (TPSA) is 81.2 Å². The predicted octanol–water partition coefficient (Wildman–Crippen LogP) is 2.00. The molecule has 6 nitrogen and oxygen atoms in total. The van der Waals surface area contributed by atoms with Gasteiger partial charge in [-0.15, -0.1) is 6.26 Å². The first-order valence-corrected chi connectivity index (χ1v) is 8.77. The summed E-state index contributed by atoms with van der Waals surface area (Å²) in [5.74, 6) is 3.11. The summed E-state index contributed by atoms with van der Waals surface area (Å²) in [5.41, 5.74) is 0. The highest BCUT2D eigenvalue weighted by Crippen LogP contribution is 2.11. The highest BCUT2D eigenvalue weighted by Gasteiger charge is 1.85. The van der Waals surface area contributed by atoms with Crippen LogP contribution in [0.2, 0.25) is 0 Å². The molecule has 0 radical (unpaired) electrons. The summed E-state index contributed by atoms with van der Waals surface area (Å²) in [5, 5.41) is 5.03. The van der Waals surface area contributed by atoms with E-state index in [0.29, 0.717) is 6.41 Å². The second-order valence-corrected chi connectivity index (χ2v) is 5.28. The third kappa shape index (κ3) is 23.2. The quantitative estimate of drug-likeness (QED) is 0.523. The van der Waals surface area contributed by atoms with Crippen LogP contribution in [0.25, 0.3) is 0 Å². The molecule has 124 valence electrons. The minimum atomic E-state index is -0.861. The van der Waals surface area contributed by atoms with Gasteiger partial charge in [-0.2, -0.15) is 5.87 Å². The third-order valence-electron chi connectivity index (χ3n) is 1.44. The molecule has 2 aromatic heterocycles. The first-order valence-electron chi connectivity index (χ1n) is 6.17. The fourth-order valence-corrected chi connectivity index (χ4v) is 1.16. The van der Waals surface area contributed by atoms with Crippen LogP contribution in [0, 0.1) is 0 Å². The van der Waals surface area contributed by atoms with E-state index in [2.05, 4.69) is 21.2 Å². The van der Waals surface area contributed by atoms with Crippen LogP contribution in [0.15, 0.2) is 42.2 Å². The molecule has 0 atom stereocenters. The van der Waals surface area contributed by atoms with Gasteiger partial charge in [-0.1, -0.05) is 17.4 Å². The van der Waals surface area contributed by atoms with E-state index >= 15 is 0 Å². The molecular weight excluding hydrogens is 322 g/mol. The van der Waals surface area contributed by atoms with Crippen molar-refractivity contribution < 1.29 is 13.7 Å². The summed E-state index contributed by atoms with van der Waals surface area (Å²) in [6.45, 7) is 2.60. The van der Waals surface area contributed by atoms with E-state index in [-0.39, 0.29) is 0 Å². The minimum Gasteiger partial charge on any atom is -0.473 e. The van der Waals surface area contributed by atoms with Gasteiger partial charge < -0.3 is 14.3 Å². The van der Waals surface area contributed by atoms with Crippen molar-refractivity contribution in [2.75, 3.05) is 19.9 Å². The molecule has 8 heteroatoms. The van der Waals surface area contributed by atoms with Crippen LogP contribution in [0.5, 0.6) is 5.19 Å². The second-order valence-electron chi connectivity index (χ2n) is 3.28. The van der Waals surface area contributed by atoms with Gasteiger partial charge in [0.1, 0.15) is 0 Å². The van der Waals surface area contributed by atoms with E-state index in [0.717, 1.165) is 11.7 Å². The van der Waals surface area contributed by atoms with Crippen molar-refractivity contribution >= 4 is 34.0 Å². The Morgan fingerprint density at radius 3 is 2.09 bits per heavy atom. The molecule has 0 saturated heterocycles. The van der Waals surface area contributed by atoms with E-state index in [1.807, 2.05) is 30.5 Å². The fraction of sp³-hybridized carbons (Fsp3) is 0.286. The average Bonchev–Trinajstić information content (AvgIpc) is 3.04. The Morgan fingerprint density at radius 1 is 1.36 bits per heavy atom. The lowest BCUT2D eigenvalue weighted by atomic mass is 10.5. The highest BCUT2D eigenvalue weighted by molar-refractivity contribution is 7.81. The number of nitrogens with one attached hydrogen (secondary N) is 1. The Labute approximate surface area is 137 Å². The molecule has 0 aliphatic heterocycles. The minimum absolute atomic E-state index is 0.681. The maximum Gasteiger partial charge on any atom is 0.272 e. The van der Waals surface area contributed by atoms with Crippen molar-refractivity contribution in [3.63, 3.8) is 0 Å². The maximum absolute atomic E-state index is 9.44. The number of pyridine rings is 1. The van der Waals surface area contributed by atoms with Crippen molar-refractivity contribution in [2.24, 2.45) is 0 Å². The van der Waals surface area contributed by atoms with Crippen LogP contribution < -0.4 is 10.1 Å². The molecule has 0 aliphatic rings. The number of hydrogen-bond donors (Lipinski definition) is 1. The van der Waals surface area contributed by atoms with E-state index in [9.17, 15) is 9.00 Å². The van der Waals surface area contributed by atoms with Gasteiger partial charge in [0.05, 0.1) is 7.11 Å². The number of nitrogens with zero attached hydrogens (tertiary/aromatic N) is 2. The molecule has 0 saturated carbocycles. The molecule has 1 amide bonds. The number of ether oxygens (including phenoxy) is 1. The van der Waals surface area contributed by atoms with Crippen LogP contribution in [0.4, 0.5) is 0 Å². The van der Waals surface area contributed by atoms with Gasteiger partial charge in [0, 0.05) is 30.5 Å². The van der Waals surface area contributed by atoms with Gasteiger partial charge in [0.25, 0.3) is 5.19 Å². The Morgan fingerprint density at radius 2 is 1.95 bits per heavy atom. The Bertz CT molecular complexity index is 469. The average molecular weight is 344 g/mol. The molecule has 0 bridgehead atoms. The van der Waals surface area contributed by atoms with Crippen LogP contribution in [-0.4, -0.2) is 42.2 Å². The van der Waals surface area contributed by atoms with Gasteiger partial charge in [-0.3, -0.25) is 20.2 Å². The summed E-state index contributed by atoms with van der Waals surface area (Å²) in [7, 11) is 0.749. The number of carbonyl (C=O) groups is 1. The SMILES string of the molecule is C=[S-](C)=O.CCNC=O.COc1nccs1.c1ccncc1. The molecule has 0 aromatic carbocycles. The standard InChI is InChI=1S/C5H5N.C4H5NOS.C3H7NO.C2H5OS/c1-2-4-6-5-3-1;1-6-4-5-2-3-7-4;1-2-4-3-5;1-4(2)3/h1-5H;2-3H,1H3;3H,2H2,1H3,(H,4,5);1H2,2H3/q;;;-1. The van der Waals surface area contributed by atoms with Crippen molar-refractivity contribution in [1.82, 2.24) is 15.3 Å². The summed E-state index contributed by atoms with van der Waals surface area (Å²) >= 11 is 1.49. The second kappa shape index (κ2) is 19.1. The summed E-state index contributed by atoms with van der Waals surface area (Å²) < 4.78 is 14.2. The van der Waals surface area contributed by atoms with Crippen LogP contribution in [0.1, 0.15) is 6.92 Å². The lowest BCUT2D eigenvalue weighted by Gasteiger charge is -1.84. The number of thiazole rings is 1. The van der Waals surface area contributed by atoms with Gasteiger partial charge in [-0.25, -0.2) is 4.98 Å².